The summed E-state index contributed by atoms with van der Waals surface area (Å²) >= 11 is 0. The number of benzene rings is 1. The summed E-state index contributed by atoms with van der Waals surface area (Å²) in [5, 5.41) is 8.43. The van der Waals surface area contributed by atoms with Crippen LogP contribution in [0.2, 0.25) is 0 Å². The summed E-state index contributed by atoms with van der Waals surface area (Å²) in [6.07, 6.45) is 2.04. The van der Waals surface area contributed by atoms with Gasteiger partial charge in [0.15, 0.2) is 0 Å². The lowest BCUT2D eigenvalue weighted by atomic mass is 9.73. The lowest BCUT2D eigenvalue weighted by molar-refractivity contribution is 0.337. The van der Waals surface area contributed by atoms with Crippen LogP contribution in [0.4, 0.5) is 5.95 Å². The monoisotopic (exact) mass is 297 g/mol. The maximum Gasteiger partial charge on any atom is 0.245 e. The van der Waals surface area contributed by atoms with E-state index >= 15 is 0 Å². The largest absolute Gasteiger partial charge is 0.339 e. The Kier molecular flexibility index (Phi) is 4.07. The number of hydrogen-bond acceptors (Lipinski definition) is 5. The predicted octanol–water partition coefficient (Wildman–Crippen LogP) is 1.99. The van der Waals surface area contributed by atoms with Crippen molar-refractivity contribution in [2.75, 3.05) is 24.5 Å². The molecule has 3 rings (SSSR count). The van der Waals surface area contributed by atoms with E-state index in [0.717, 1.165) is 43.3 Å². The van der Waals surface area contributed by atoms with Crippen LogP contribution in [0.15, 0.2) is 30.3 Å². The van der Waals surface area contributed by atoms with Crippen molar-refractivity contribution < 1.29 is 0 Å². The summed E-state index contributed by atoms with van der Waals surface area (Å²) in [6, 6.07) is 10.6. The molecule has 2 aromatic rings. The van der Waals surface area contributed by atoms with Crippen LogP contribution in [-0.4, -0.2) is 34.8 Å². The molecule has 0 spiro atoms. The zero-order valence-electron chi connectivity index (χ0n) is 13.3. The molecule has 0 bridgehead atoms. The second-order valence-corrected chi connectivity index (χ2v) is 6.12. The molecule has 1 fully saturated rings. The normalized spacial score (nSPS) is 17.5. The van der Waals surface area contributed by atoms with E-state index in [4.69, 9.17) is 5.73 Å². The summed E-state index contributed by atoms with van der Waals surface area (Å²) in [7, 11) is 0. The van der Waals surface area contributed by atoms with Crippen molar-refractivity contribution in [2.45, 2.75) is 32.1 Å². The van der Waals surface area contributed by atoms with Gasteiger partial charge in [0.25, 0.3) is 0 Å². The molecule has 1 aromatic carbocycles. The quantitative estimate of drug-likeness (QED) is 0.938. The van der Waals surface area contributed by atoms with Gasteiger partial charge in [-0.2, -0.15) is 5.10 Å². The van der Waals surface area contributed by atoms with Crippen LogP contribution in [0.1, 0.15) is 29.8 Å². The molecule has 1 aliphatic heterocycles. The Morgan fingerprint density at radius 3 is 2.32 bits per heavy atom. The molecule has 5 heteroatoms. The van der Waals surface area contributed by atoms with Gasteiger partial charge >= 0.3 is 0 Å². The molecule has 0 atom stereocenters. The van der Waals surface area contributed by atoms with Gasteiger partial charge in [0.1, 0.15) is 0 Å². The van der Waals surface area contributed by atoms with E-state index < -0.39 is 0 Å². The molecule has 116 valence electrons. The van der Waals surface area contributed by atoms with Crippen LogP contribution < -0.4 is 10.6 Å². The van der Waals surface area contributed by atoms with Crippen molar-refractivity contribution in [3.05, 3.63) is 47.3 Å². The highest BCUT2D eigenvalue weighted by Gasteiger charge is 2.35. The van der Waals surface area contributed by atoms with Gasteiger partial charge < -0.3 is 10.6 Å². The van der Waals surface area contributed by atoms with Crippen molar-refractivity contribution >= 4 is 5.95 Å². The van der Waals surface area contributed by atoms with E-state index in [2.05, 4.69) is 50.4 Å². The maximum atomic E-state index is 6.14. The highest BCUT2D eigenvalue weighted by molar-refractivity contribution is 5.34. The SMILES string of the molecule is Cc1nnc(N2CCC(CN)(c3ccccc3)CC2)nc1C. The number of anilines is 1. The second kappa shape index (κ2) is 6.01. The molecular weight excluding hydrogens is 274 g/mol. The van der Waals surface area contributed by atoms with E-state index in [-0.39, 0.29) is 5.41 Å². The number of aryl methyl sites for hydroxylation is 2. The van der Waals surface area contributed by atoms with Crippen molar-refractivity contribution in [1.29, 1.82) is 0 Å². The van der Waals surface area contributed by atoms with Gasteiger partial charge in [0.2, 0.25) is 5.95 Å². The van der Waals surface area contributed by atoms with Gasteiger partial charge in [-0.05, 0) is 32.3 Å². The van der Waals surface area contributed by atoms with Crippen LogP contribution in [-0.2, 0) is 5.41 Å². The molecule has 0 unspecified atom stereocenters. The Hall–Kier alpha value is -2.01. The fourth-order valence-corrected chi connectivity index (χ4v) is 3.12. The van der Waals surface area contributed by atoms with Crippen molar-refractivity contribution in [3.8, 4) is 0 Å². The number of nitrogens with zero attached hydrogens (tertiary/aromatic N) is 4. The summed E-state index contributed by atoms with van der Waals surface area (Å²) in [6.45, 7) is 6.42. The summed E-state index contributed by atoms with van der Waals surface area (Å²) in [5.74, 6) is 0.738. The molecule has 0 amide bonds. The fraction of sp³-hybridized carbons (Fsp3) is 0.471. The van der Waals surface area contributed by atoms with E-state index in [9.17, 15) is 0 Å². The topological polar surface area (TPSA) is 67.9 Å². The molecule has 1 aromatic heterocycles. The lowest BCUT2D eigenvalue weighted by Gasteiger charge is -2.41. The minimum Gasteiger partial charge on any atom is -0.339 e. The molecule has 1 aliphatic rings. The molecule has 2 heterocycles. The van der Waals surface area contributed by atoms with Gasteiger partial charge in [0, 0.05) is 25.0 Å². The third-order valence-corrected chi connectivity index (χ3v) is 4.86. The van der Waals surface area contributed by atoms with Gasteiger partial charge in [0.05, 0.1) is 11.4 Å². The smallest absolute Gasteiger partial charge is 0.245 e. The minimum atomic E-state index is 0.0743. The second-order valence-electron chi connectivity index (χ2n) is 6.12. The highest BCUT2D eigenvalue weighted by atomic mass is 15.3. The Morgan fingerprint density at radius 1 is 1.05 bits per heavy atom. The first-order valence-electron chi connectivity index (χ1n) is 7.83. The summed E-state index contributed by atoms with van der Waals surface area (Å²) in [5.41, 5.74) is 9.39. The average Bonchev–Trinajstić information content (AvgIpc) is 2.58. The standard InChI is InChI=1S/C17H23N5/c1-13-14(2)20-21-16(19-13)22-10-8-17(12-18,9-11-22)15-6-4-3-5-7-15/h3-7H,8-12,18H2,1-2H3. The fourth-order valence-electron chi connectivity index (χ4n) is 3.12. The average molecular weight is 297 g/mol. The Morgan fingerprint density at radius 2 is 1.73 bits per heavy atom. The van der Waals surface area contributed by atoms with Crippen LogP contribution in [0, 0.1) is 13.8 Å². The molecule has 0 saturated carbocycles. The van der Waals surface area contributed by atoms with Gasteiger partial charge in [-0.3, -0.25) is 0 Å². The zero-order valence-corrected chi connectivity index (χ0v) is 13.3. The van der Waals surface area contributed by atoms with E-state index in [1.807, 2.05) is 13.8 Å². The van der Waals surface area contributed by atoms with Gasteiger partial charge in [-0.1, -0.05) is 30.3 Å². The third kappa shape index (κ3) is 2.68. The molecule has 1 saturated heterocycles. The van der Waals surface area contributed by atoms with Crippen molar-refractivity contribution in [3.63, 3.8) is 0 Å². The van der Waals surface area contributed by atoms with Crippen LogP contribution >= 0.6 is 0 Å². The summed E-state index contributed by atoms with van der Waals surface area (Å²) in [4.78, 5) is 6.78. The van der Waals surface area contributed by atoms with E-state index in [1.165, 1.54) is 5.56 Å². The Labute approximate surface area is 131 Å². The third-order valence-electron chi connectivity index (χ3n) is 4.86. The maximum absolute atomic E-state index is 6.14. The molecule has 0 radical (unpaired) electrons. The van der Waals surface area contributed by atoms with Crippen LogP contribution in [0.25, 0.3) is 0 Å². The minimum absolute atomic E-state index is 0.0743. The van der Waals surface area contributed by atoms with Crippen molar-refractivity contribution in [1.82, 2.24) is 15.2 Å². The van der Waals surface area contributed by atoms with Gasteiger partial charge in [-0.15, -0.1) is 5.10 Å². The molecule has 22 heavy (non-hydrogen) atoms. The van der Waals surface area contributed by atoms with Gasteiger partial charge in [-0.25, -0.2) is 4.98 Å². The Balaban J connectivity index is 1.77. The van der Waals surface area contributed by atoms with Crippen molar-refractivity contribution in [2.24, 2.45) is 5.73 Å². The number of hydrogen-bond donors (Lipinski definition) is 1. The van der Waals surface area contributed by atoms with E-state index in [1.54, 1.807) is 0 Å². The molecule has 0 aliphatic carbocycles. The predicted molar refractivity (Wildman–Crippen MR) is 87.9 cm³/mol. The number of rotatable bonds is 3. The van der Waals surface area contributed by atoms with Crippen LogP contribution in [0.5, 0.6) is 0 Å². The first-order chi connectivity index (χ1) is 10.6. The lowest BCUT2D eigenvalue weighted by Crippen LogP contribution is -2.47. The zero-order chi connectivity index (χ0) is 15.6. The number of aromatic nitrogens is 3. The van der Waals surface area contributed by atoms with E-state index in [0.29, 0.717) is 6.54 Å². The molecule has 5 nitrogen and oxygen atoms in total. The van der Waals surface area contributed by atoms with Crippen LogP contribution in [0.3, 0.4) is 0 Å². The molecular formula is C17H23N5. The number of nitrogens with two attached hydrogens (primary N) is 1. The summed E-state index contributed by atoms with van der Waals surface area (Å²) < 4.78 is 0. The molecule has 2 N–H and O–H groups in total. The highest BCUT2D eigenvalue weighted by Crippen LogP contribution is 2.35. The first-order valence-corrected chi connectivity index (χ1v) is 7.83. The number of piperidine rings is 1. The first kappa shape index (κ1) is 14.9. The Bertz CT molecular complexity index is 633.